The molecule has 21 heavy (non-hydrogen) atoms. The molecule has 106 valence electrons. The van der Waals surface area contributed by atoms with Crippen LogP contribution in [0.2, 0.25) is 0 Å². The van der Waals surface area contributed by atoms with Gasteiger partial charge in [-0.15, -0.1) is 0 Å². The van der Waals surface area contributed by atoms with Crippen molar-refractivity contribution in [1.82, 2.24) is 0 Å². The summed E-state index contributed by atoms with van der Waals surface area (Å²) in [5.41, 5.74) is 5.35. The molecule has 4 nitrogen and oxygen atoms in total. The molecule has 2 aliphatic heterocycles. The molecule has 0 radical (unpaired) electrons. The Morgan fingerprint density at radius 3 is 2.43 bits per heavy atom. The molecule has 2 aromatic carbocycles. The van der Waals surface area contributed by atoms with E-state index in [9.17, 15) is 4.79 Å². The summed E-state index contributed by atoms with van der Waals surface area (Å²) < 4.78 is 0. The van der Waals surface area contributed by atoms with Gasteiger partial charge in [-0.3, -0.25) is 4.79 Å². The van der Waals surface area contributed by atoms with Crippen molar-refractivity contribution < 1.29 is 4.79 Å². The van der Waals surface area contributed by atoms with Crippen molar-refractivity contribution in [2.45, 2.75) is 25.4 Å². The average molecular weight is 279 g/mol. The number of carbonyl (C=O) groups excluding carboxylic acids is 1. The Morgan fingerprint density at radius 1 is 1.00 bits per heavy atom. The number of amides is 1. The molecule has 0 fully saturated rings. The molecule has 2 aliphatic rings. The first-order valence-corrected chi connectivity index (χ1v) is 7.33. The van der Waals surface area contributed by atoms with E-state index in [0.717, 1.165) is 29.0 Å². The van der Waals surface area contributed by atoms with Crippen molar-refractivity contribution in [3.63, 3.8) is 0 Å². The lowest BCUT2D eigenvalue weighted by Crippen LogP contribution is -2.12. The molecule has 0 aromatic heterocycles. The number of benzene rings is 2. The largest absolute Gasteiger partial charge is 0.360 e. The molecule has 0 saturated carbocycles. The Balaban J connectivity index is 1.68. The van der Waals surface area contributed by atoms with Crippen LogP contribution in [0.1, 0.15) is 36.6 Å². The van der Waals surface area contributed by atoms with Gasteiger partial charge in [0.25, 0.3) is 0 Å². The van der Waals surface area contributed by atoms with Crippen molar-refractivity contribution in [2.75, 3.05) is 16.0 Å². The highest BCUT2D eigenvalue weighted by atomic mass is 16.2. The van der Waals surface area contributed by atoms with Gasteiger partial charge in [-0.1, -0.05) is 37.3 Å². The molecule has 0 saturated heterocycles. The van der Waals surface area contributed by atoms with Gasteiger partial charge in [-0.2, -0.15) is 0 Å². The minimum atomic E-state index is -0.0251. The second-order valence-corrected chi connectivity index (χ2v) is 5.57. The van der Waals surface area contributed by atoms with E-state index >= 15 is 0 Å². The van der Waals surface area contributed by atoms with E-state index in [4.69, 9.17) is 0 Å². The first-order chi connectivity index (χ1) is 10.3. The van der Waals surface area contributed by atoms with Crippen LogP contribution in [0, 0.1) is 0 Å². The topological polar surface area (TPSA) is 53.2 Å². The Bertz CT molecular complexity index is 711. The summed E-state index contributed by atoms with van der Waals surface area (Å²) in [6.45, 7) is 2.05. The zero-order valence-corrected chi connectivity index (χ0v) is 11.8. The van der Waals surface area contributed by atoms with Gasteiger partial charge >= 0.3 is 0 Å². The van der Waals surface area contributed by atoms with E-state index in [2.05, 4.69) is 34.1 Å². The van der Waals surface area contributed by atoms with Crippen LogP contribution in [-0.4, -0.2) is 5.91 Å². The molecule has 2 heterocycles. The smallest absolute Gasteiger partial charge is 0.231 e. The van der Waals surface area contributed by atoms with Crippen molar-refractivity contribution in [3.8, 4) is 0 Å². The van der Waals surface area contributed by atoms with E-state index in [0.29, 0.717) is 0 Å². The first kappa shape index (κ1) is 12.3. The number of rotatable bonds is 2. The molecule has 0 spiro atoms. The zero-order chi connectivity index (χ0) is 14.4. The lowest BCUT2D eigenvalue weighted by Gasteiger charge is -2.12. The lowest BCUT2D eigenvalue weighted by molar-refractivity contribution is -0.117. The maximum Gasteiger partial charge on any atom is 0.231 e. The molecule has 2 atom stereocenters. The highest BCUT2D eigenvalue weighted by Crippen LogP contribution is 2.44. The minimum Gasteiger partial charge on any atom is -0.360 e. The van der Waals surface area contributed by atoms with Crippen LogP contribution in [0.3, 0.4) is 0 Å². The number of nitrogens with one attached hydrogen (secondary N) is 3. The van der Waals surface area contributed by atoms with Gasteiger partial charge in [0, 0.05) is 5.69 Å². The van der Waals surface area contributed by atoms with Crippen molar-refractivity contribution in [2.24, 2.45) is 0 Å². The normalized spacial score (nSPS) is 22.0. The average Bonchev–Trinajstić information content (AvgIpc) is 3.04. The summed E-state index contributed by atoms with van der Waals surface area (Å²) in [4.78, 5) is 11.9. The van der Waals surface area contributed by atoms with Gasteiger partial charge in [-0.25, -0.2) is 0 Å². The standard InChI is InChI=1S/C17H17N3O/c1-2-11-12-8-14-15(9-13(12)20-17(11)21)19-16(18-14)10-6-4-3-5-7-10/h3-9,11,16,18-19H,2H2,1H3,(H,20,21). The Labute approximate surface area is 123 Å². The second kappa shape index (κ2) is 4.52. The molecule has 4 rings (SSSR count). The molecule has 0 bridgehead atoms. The third-order valence-corrected chi connectivity index (χ3v) is 4.28. The van der Waals surface area contributed by atoms with Crippen LogP contribution in [0.5, 0.6) is 0 Å². The van der Waals surface area contributed by atoms with E-state index < -0.39 is 0 Å². The Kier molecular flexibility index (Phi) is 2.64. The Morgan fingerprint density at radius 2 is 1.71 bits per heavy atom. The zero-order valence-electron chi connectivity index (χ0n) is 11.8. The molecule has 4 heteroatoms. The number of fused-ring (bicyclic) bond motifs is 2. The van der Waals surface area contributed by atoms with Crippen molar-refractivity contribution in [1.29, 1.82) is 0 Å². The highest BCUT2D eigenvalue weighted by Gasteiger charge is 2.32. The lowest BCUT2D eigenvalue weighted by atomic mass is 9.97. The number of hydrogen-bond acceptors (Lipinski definition) is 3. The number of carbonyl (C=O) groups is 1. The van der Waals surface area contributed by atoms with Crippen LogP contribution < -0.4 is 16.0 Å². The van der Waals surface area contributed by atoms with Crippen molar-refractivity contribution in [3.05, 3.63) is 53.6 Å². The molecular formula is C17H17N3O. The number of anilines is 3. The van der Waals surface area contributed by atoms with E-state index in [1.807, 2.05) is 31.2 Å². The van der Waals surface area contributed by atoms with Gasteiger partial charge < -0.3 is 16.0 Å². The summed E-state index contributed by atoms with van der Waals surface area (Å²) in [6, 6.07) is 14.4. The summed E-state index contributed by atoms with van der Waals surface area (Å²) in [5.74, 6) is 0.0821. The van der Waals surface area contributed by atoms with Gasteiger partial charge in [0.2, 0.25) is 5.91 Å². The maximum absolute atomic E-state index is 11.9. The third kappa shape index (κ3) is 1.87. The molecule has 3 N–H and O–H groups in total. The minimum absolute atomic E-state index is 0.0251. The Hall–Kier alpha value is -2.49. The van der Waals surface area contributed by atoms with Gasteiger partial charge in [0.05, 0.1) is 17.3 Å². The fourth-order valence-electron chi connectivity index (χ4n) is 3.18. The van der Waals surface area contributed by atoms with Gasteiger partial charge in [0.15, 0.2) is 0 Å². The van der Waals surface area contributed by atoms with Gasteiger partial charge in [0.1, 0.15) is 6.17 Å². The van der Waals surface area contributed by atoms with E-state index in [-0.39, 0.29) is 18.0 Å². The molecule has 2 unspecified atom stereocenters. The van der Waals surface area contributed by atoms with Crippen LogP contribution in [0.15, 0.2) is 42.5 Å². The van der Waals surface area contributed by atoms with Crippen LogP contribution in [-0.2, 0) is 4.79 Å². The fourth-order valence-corrected chi connectivity index (χ4v) is 3.18. The third-order valence-electron chi connectivity index (χ3n) is 4.28. The SMILES string of the molecule is CCC1C(=O)Nc2cc3c(cc21)NC(c1ccccc1)N3. The molecular weight excluding hydrogens is 262 g/mol. The fraction of sp³-hybridized carbons (Fsp3) is 0.235. The molecule has 1 amide bonds. The quantitative estimate of drug-likeness (QED) is 0.786. The second-order valence-electron chi connectivity index (χ2n) is 5.57. The van der Waals surface area contributed by atoms with Crippen molar-refractivity contribution >= 4 is 23.0 Å². The van der Waals surface area contributed by atoms with E-state index in [1.54, 1.807) is 0 Å². The number of hydrogen-bond donors (Lipinski definition) is 3. The summed E-state index contributed by atoms with van der Waals surface area (Å²) in [5, 5.41) is 9.93. The van der Waals surface area contributed by atoms with Crippen LogP contribution in [0.4, 0.5) is 17.1 Å². The predicted octanol–water partition coefficient (Wildman–Crippen LogP) is 3.67. The highest BCUT2D eigenvalue weighted by molar-refractivity contribution is 6.04. The van der Waals surface area contributed by atoms with E-state index in [1.165, 1.54) is 5.56 Å². The monoisotopic (exact) mass is 279 g/mol. The van der Waals surface area contributed by atoms with Gasteiger partial charge in [-0.05, 0) is 29.7 Å². The molecule has 0 aliphatic carbocycles. The van der Waals surface area contributed by atoms with Crippen LogP contribution >= 0.6 is 0 Å². The van der Waals surface area contributed by atoms with Crippen LogP contribution in [0.25, 0.3) is 0 Å². The maximum atomic E-state index is 11.9. The summed E-state index contributed by atoms with van der Waals surface area (Å²) in [7, 11) is 0. The first-order valence-electron chi connectivity index (χ1n) is 7.33. The predicted molar refractivity (Wildman–Crippen MR) is 84.5 cm³/mol. The summed E-state index contributed by atoms with van der Waals surface area (Å²) in [6.07, 6.45) is 0.909. The molecule has 2 aromatic rings. The summed E-state index contributed by atoms with van der Waals surface area (Å²) >= 11 is 0.